The third-order valence-electron chi connectivity index (χ3n) is 2.27. The lowest BCUT2D eigenvalue weighted by Gasteiger charge is -1.99. The Morgan fingerprint density at radius 1 is 1.50 bits per heavy atom. The van der Waals surface area contributed by atoms with Crippen molar-refractivity contribution in [3.8, 4) is 0 Å². The molecule has 0 bridgehead atoms. The number of aryl methyl sites for hydroxylation is 1. The second-order valence-corrected chi connectivity index (χ2v) is 3.01. The number of nitrogens with two attached hydrogens (primary N) is 1. The summed E-state index contributed by atoms with van der Waals surface area (Å²) >= 11 is 0. The first-order chi connectivity index (χ1) is 5.70. The van der Waals surface area contributed by atoms with Crippen LogP contribution in [0.4, 0.5) is 0 Å². The lowest BCUT2D eigenvalue weighted by Crippen LogP contribution is -2.04. The first-order valence-electron chi connectivity index (χ1n) is 4.41. The normalized spacial score (nSPS) is 10.7. The van der Waals surface area contributed by atoms with Crippen molar-refractivity contribution in [2.75, 3.05) is 6.54 Å². The SMILES string of the molecule is CCc1nc(CCN)c(C)n1C. The molecule has 3 heteroatoms. The van der Waals surface area contributed by atoms with E-state index in [1.165, 1.54) is 5.69 Å². The van der Waals surface area contributed by atoms with Gasteiger partial charge in [-0.3, -0.25) is 0 Å². The van der Waals surface area contributed by atoms with E-state index >= 15 is 0 Å². The van der Waals surface area contributed by atoms with Gasteiger partial charge < -0.3 is 10.3 Å². The van der Waals surface area contributed by atoms with Gasteiger partial charge in [0.2, 0.25) is 0 Å². The van der Waals surface area contributed by atoms with Crippen LogP contribution in [-0.2, 0) is 19.9 Å². The predicted molar refractivity (Wildman–Crippen MR) is 50.1 cm³/mol. The number of rotatable bonds is 3. The highest BCUT2D eigenvalue weighted by Crippen LogP contribution is 2.09. The molecule has 1 aromatic rings. The highest BCUT2D eigenvalue weighted by molar-refractivity contribution is 5.15. The second-order valence-electron chi connectivity index (χ2n) is 3.01. The summed E-state index contributed by atoms with van der Waals surface area (Å²) in [6, 6.07) is 0. The van der Waals surface area contributed by atoms with Gasteiger partial charge in [-0.2, -0.15) is 0 Å². The molecule has 12 heavy (non-hydrogen) atoms. The Bertz CT molecular complexity index is 263. The molecule has 0 unspecified atom stereocenters. The molecule has 3 nitrogen and oxygen atoms in total. The van der Waals surface area contributed by atoms with Crippen LogP contribution in [0.5, 0.6) is 0 Å². The van der Waals surface area contributed by atoms with Gasteiger partial charge in [-0.05, 0) is 13.5 Å². The minimum absolute atomic E-state index is 0.682. The molecule has 0 aliphatic carbocycles. The molecule has 0 radical (unpaired) electrons. The molecule has 1 aromatic heterocycles. The lowest BCUT2D eigenvalue weighted by molar-refractivity contribution is 0.785. The fourth-order valence-corrected chi connectivity index (χ4v) is 1.39. The average molecular weight is 167 g/mol. The molecule has 0 fully saturated rings. The summed E-state index contributed by atoms with van der Waals surface area (Å²) in [6.07, 6.45) is 1.88. The van der Waals surface area contributed by atoms with Crippen molar-refractivity contribution < 1.29 is 0 Å². The largest absolute Gasteiger partial charge is 0.335 e. The van der Waals surface area contributed by atoms with E-state index in [4.69, 9.17) is 5.73 Å². The third kappa shape index (κ3) is 1.50. The van der Waals surface area contributed by atoms with Gasteiger partial charge in [-0.25, -0.2) is 4.98 Å². The maximum atomic E-state index is 5.48. The van der Waals surface area contributed by atoms with E-state index in [1.807, 2.05) is 0 Å². The highest BCUT2D eigenvalue weighted by Gasteiger charge is 2.07. The molecule has 68 valence electrons. The second kappa shape index (κ2) is 3.72. The monoisotopic (exact) mass is 167 g/mol. The molecule has 0 saturated carbocycles. The molecule has 0 spiro atoms. The van der Waals surface area contributed by atoms with Gasteiger partial charge >= 0.3 is 0 Å². The Kier molecular flexibility index (Phi) is 2.87. The van der Waals surface area contributed by atoms with E-state index in [-0.39, 0.29) is 0 Å². The summed E-state index contributed by atoms with van der Waals surface area (Å²) in [4.78, 5) is 4.50. The van der Waals surface area contributed by atoms with Crippen LogP contribution in [0, 0.1) is 6.92 Å². The van der Waals surface area contributed by atoms with Gasteiger partial charge in [-0.1, -0.05) is 6.92 Å². The van der Waals surface area contributed by atoms with Crippen LogP contribution >= 0.6 is 0 Å². The van der Waals surface area contributed by atoms with Crippen molar-refractivity contribution in [1.82, 2.24) is 9.55 Å². The van der Waals surface area contributed by atoms with Crippen molar-refractivity contribution in [2.24, 2.45) is 12.8 Å². The third-order valence-corrected chi connectivity index (χ3v) is 2.27. The Hall–Kier alpha value is -0.830. The number of nitrogens with zero attached hydrogens (tertiary/aromatic N) is 2. The van der Waals surface area contributed by atoms with E-state index in [0.717, 1.165) is 24.4 Å². The molecule has 0 atom stereocenters. The topological polar surface area (TPSA) is 43.8 Å². The predicted octanol–water partition coefficient (Wildman–Crippen LogP) is 0.792. The standard InChI is InChI=1S/C9H17N3/c1-4-9-11-8(5-6-10)7(2)12(9)3/h4-6,10H2,1-3H3. The molecular weight excluding hydrogens is 150 g/mol. The van der Waals surface area contributed by atoms with E-state index < -0.39 is 0 Å². The Labute approximate surface area is 73.6 Å². The first-order valence-corrected chi connectivity index (χ1v) is 4.41. The van der Waals surface area contributed by atoms with Gasteiger partial charge in [0.05, 0.1) is 5.69 Å². The van der Waals surface area contributed by atoms with Crippen LogP contribution in [0.15, 0.2) is 0 Å². The van der Waals surface area contributed by atoms with E-state index in [1.54, 1.807) is 0 Å². The van der Waals surface area contributed by atoms with Gasteiger partial charge in [-0.15, -0.1) is 0 Å². The van der Waals surface area contributed by atoms with Crippen LogP contribution in [0.3, 0.4) is 0 Å². The minimum atomic E-state index is 0.682. The Balaban J connectivity index is 2.98. The van der Waals surface area contributed by atoms with E-state index in [2.05, 4.69) is 30.4 Å². The quantitative estimate of drug-likeness (QED) is 0.723. The number of hydrogen-bond acceptors (Lipinski definition) is 2. The number of hydrogen-bond donors (Lipinski definition) is 1. The summed E-state index contributed by atoms with van der Waals surface area (Å²) < 4.78 is 2.14. The van der Waals surface area contributed by atoms with Gasteiger partial charge in [0, 0.05) is 25.6 Å². The van der Waals surface area contributed by atoms with Crippen LogP contribution in [-0.4, -0.2) is 16.1 Å². The molecule has 0 saturated heterocycles. The Morgan fingerprint density at radius 2 is 2.17 bits per heavy atom. The number of aromatic nitrogens is 2. The summed E-state index contributed by atoms with van der Waals surface area (Å²) in [5, 5.41) is 0. The number of imidazole rings is 1. The van der Waals surface area contributed by atoms with Crippen LogP contribution < -0.4 is 5.73 Å². The summed E-state index contributed by atoms with van der Waals surface area (Å²) in [7, 11) is 2.06. The zero-order valence-electron chi connectivity index (χ0n) is 8.09. The van der Waals surface area contributed by atoms with Crippen molar-refractivity contribution in [3.63, 3.8) is 0 Å². The van der Waals surface area contributed by atoms with Crippen LogP contribution in [0.1, 0.15) is 24.1 Å². The van der Waals surface area contributed by atoms with Crippen LogP contribution in [0.25, 0.3) is 0 Å². The fraction of sp³-hybridized carbons (Fsp3) is 0.667. The molecular formula is C9H17N3. The van der Waals surface area contributed by atoms with Crippen molar-refractivity contribution in [2.45, 2.75) is 26.7 Å². The molecule has 0 aliphatic heterocycles. The average Bonchev–Trinajstić information content (AvgIpc) is 2.33. The minimum Gasteiger partial charge on any atom is -0.335 e. The zero-order valence-corrected chi connectivity index (χ0v) is 8.09. The van der Waals surface area contributed by atoms with Crippen molar-refractivity contribution in [1.29, 1.82) is 0 Å². The van der Waals surface area contributed by atoms with E-state index in [9.17, 15) is 0 Å². The maximum Gasteiger partial charge on any atom is 0.108 e. The summed E-state index contributed by atoms with van der Waals surface area (Å²) in [5.74, 6) is 1.15. The van der Waals surface area contributed by atoms with Crippen LogP contribution in [0.2, 0.25) is 0 Å². The van der Waals surface area contributed by atoms with E-state index in [0.29, 0.717) is 6.54 Å². The zero-order chi connectivity index (χ0) is 9.14. The summed E-state index contributed by atoms with van der Waals surface area (Å²) in [5.41, 5.74) is 7.88. The molecule has 2 N–H and O–H groups in total. The maximum absolute atomic E-state index is 5.48. The van der Waals surface area contributed by atoms with Gasteiger partial charge in [0.1, 0.15) is 5.82 Å². The van der Waals surface area contributed by atoms with Crippen molar-refractivity contribution >= 4 is 0 Å². The van der Waals surface area contributed by atoms with Gasteiger partial charge in [0.25, 0.3) is 0 Å². The molecule has 0 aromatic carbocycles. The molecule has 1 rings (SSSR count). The fourth-order valence-electron chi connectivity index (χ4n) is 1.39. The highest BCUT2D eigenvalue weighted by atomic mass is 15.1. The molecule has 1 heterocycles. The summed E-state index contributed by atoms with van der Waals surface area (Å²) in [6.45, 7) is 4.89. The van der Waals surface area contributed by atoms with Gasteiger partial charge in [0.15, 0.2) is 0 Å². The Morgan fingerprint density at radius 3 is 2.58 bits per heavy atom. The smallest absolute Gasteiger partial charge is 0.108 e. The molecule has 0 amide bonds. The first kappa shape index (κ1) is 9.26. The lowest BCUT2D eigenvalue weighted by atomic mass is 10.2. The molecule has 0 aliphatic rings. The van der Waals surface area contributed by atoms with Crippen molar-refractivity contribution in [3.05, 3.63) is 17.2 Å².